The summed E-state index contributed by atoms with van der Waals surface area (Å²) in [7, 11) is 0. The highest BCUT2D eigenvalue weighted by Gasteiger charge is 2.64. The van der Waals surface area contributed by atoms with Gasteiger partial charge in [0.05, 0.1) is 0 Å². The molecule has 8 heteroatoms. The van der Waals surface area contributed by atoms with E-state index in [0.717, 1.165) is 5.56 Å². The van der Waals surface area contributed by atoms with Gasteiger partial charge in [-0.15, -0.1) is 0 Å². The first kappa shape index (κ1) is 16.7. The number of hydrogen-bond donors (Lipinski definition) is 0. The number of benzene rings is 1. The summed E-state index contributed by atoms with van der Waals surface area (Å²) in [6, 6.07) is 9.38. The molecule has 1 aliphatic heterocycles. The van der Waals surface area contributed by atoms with Gasteiger partial charge in [-0.1, -0.05) is 30.3 Å². The van der Waals surface area contributed by atoms with Crippen molar-refractivity contribution < 1.29 is 26.7 Å². The highest BCUT2D eigenvalue weighted by molar-refractivity contribution is 5.84. The Hall–Kier alpha value is -1.70. The zero-order chi connectivity index (χ0) is 16.4. The maximum absolute atomic E-state index is 13.0. The second-order valence-electron chi connectivity index (χ2n) is 5.13. The minimum atomic E-state index is -5.86. The Morgan fingerprint density at radius 1 is 0.955 bits per heavy atom. The average Bonchev–Trinajstić information content (AvgIpc) is 2.47. The number of carbonyl (C=O) groups excluding carboxylic acids is 1. The summed E-state index contributed by atoms with van der Waals surface area (Å²) < 4.78 is 62.6. The van der Waals surface area contributed by atoms with E-state index >= 15 is 0 Å². The van der Waals surface area contributed by atoms with Crippen molar-refractivity contribution in [2.75, 3.05) is 26.2 Å². The van der Waals surface area contributed by atoms with Crippen LogP contribution in [-0.4, -0.2) is 54.0 Å². The first-order chi connectivity index (χ1) is 10.2. The van der Waals surface area contributed by atoms with E-state index in [4.69, 9.17) is 0 Å². The molecule has 0 spiro atoms. The molecule has 1 fully saturated rings. The predicted molar refractivity (Wildman–Crippen MR) is 69.3 cm³/mol. The second kappa shape index (κ2) is 6.20. The lowest BCUT2D eigenvalue weighted by Gasteiger charge is -2.36. The summed E-state index contributed by atoms with van der Waals surface area (Å²) >= 11 is 0. The second-order valence-corrected chi connectivity index (χ2v) is 5.13. The number of nitrogens with zero attached hydrogens (tertiary/aromatic N) is 2. The van der Waals surface area contributed by atoms with E-state index in [1.807, 2.05) is 35.2 Å². The van der Waals surface area contributed by atoms with Crippen LogP contribution in [0.3, 0.4) is 0 Å². The highest BCUT2D eigenvalue weighted by atomic mass is 19.4. The van der Waals surface area contributed by atoms with Gasteiger partial charge in [-0.25, -0.2) is 0 Å². The third-order valence-corrected chi connectivity index (χ3v) is 3.53. The Kier molecular flexibility index (Phi) is 4.69. The molecule has 1 aliphatic rings. The van der Waals surface area contributed by atoms with E-state index in [1.165, 1.54) is 0 Å². The fraction of sp³-hybridized carbons (Fsp3) is 0.500. The van der Waals surface area contributed by atoms with Crippen molar-refractivity contribution in [2.45, 2.75) is 18.6 Å². The van der Waals surface area contributed by atoms with Gasteiger partial charge in [0.1, 0.15) is 0 Å². The lowest BCUT2D eigenvalue weighted by atomic mass is 10.2. The van der Waals surface area contributed by atoms with Crippen molar-refractivity contribution >= 4 is 5.91 Å². The summed E-state index contributed by atoms with van der Waals surface area (Å²) in [5.74, 6) is -7.49. The van der Waals surface area contributed by atoms with Crippen LogP contribution in [0.2, 0.25) is 0 Å². The maximum atomic E-state index is 13.0. The normalized spacial score (nSPS) is 17.6. The predicted octanol–water partition coefficient (Wildman–Crippen LogP) is 2.53. The Balaban J connectivity index is 1.91. The van der Waals surface area contributed by atoms with Crippen LogP contribution in [0.4, 0.5) is 22.0 Å². The molecule has 122 valence electrons. The first-order valence-corrected chi connectivity index (χ1v) is 6.72. The molecule has 0 atom stereocenters. The molecule has 0 bridgehead atoms. The summed E-state index contributed by atoms with van der Waals surface area (Å²) in [5, 5.41) is 0. The van der Waals surface area contributed by atoms with Gasteiger partial charge in [0.25, 0.3) is 0 Å². The van der Waals surface area contributed by atoms with Crippen LogP contribution in [-0.2, 0) is 11.3 Å². The largest absolute Gasteiger partial charge is 0.463 e. The quantitative estimate of drug-likeness (QED) is 0.799. The van der Waals surface area contributed by atoms with E-state index < -0.39 is 18.0 Å². The molecule has 1 aromatic rings. The SMILES string of the molecule is O=C(N1CCN(Cc2ccccc2)CC1)C(F)(F)C(F)(F)F. The number of amides is 1. The summed E-state index contributed by atoms with van der Waals surface area (Å²) in [6.07, 6.45) is -5.86. The summed E-state index contributed by atoms with van der Waals surface area (Å²) in [6.45, 7) is 0.802. The van der Waals surface area contributed by atoms with Crippen molar-refractivity contribution in [3.05, 3.63) is 35.9 Å². The van der Waals surface area contributed by atoms with Crippen LogP contribution in [0.5, 0.6) is 0 Å². The van der Waals surface area contributed by atoms with Gasteiger partial charge in [0.15, 0.2) is 0 Å². The Bertz CT molecular complexity index is 510. The monoisotopic (exact) mass is 322 g/mol. The lowest BCUT2D eigenvalue weighted by Crippen LogP contribution is -2.57. The molecule has 0 N–H and O–H groups in total. The zero-order valence-corrected chi connectivity index (χ0v) is 11.6. The number of piperazine rings is 1. The Labute approximate surface area is 124 Å². The van der Waals surface area contributed by atoms with Crippen molar-refractivity contribution in [3.8, 4) is 0 Å². The maximum Gasteiger partial charge on any atom is 0.463 e. The van der Waals surface area contributed by atoms with Gasteiger partial charge in [-0.3, -0.25) is 9.69 Å². The van der Waals surface area contributed by atoms with Crippen LogP contribution in [0, 0.1) is 0 Å². The van der Waals surface area contributed by atoms with Crippen molar-refractivity contribution in [1.82, 2.24) is 9.80 Å². The molecule has 0 saturated carbocycles. The number of hydrogen-bond acceptors (Lipinski definition) is 2. The van der Waals surface area contributed by atoms with Crippen LogP contribution < -0.4 is 0 Å². The van der Waals surface area contributed by atoms with Crippen LogP contribution in [0.25, 0.3) is 0 Å². The van der Waals surface area contributed by atoms with E-state index in [0.29, 0.717) is 11.4 Å². The smallest absolute Gasteiger partial charge is 0.335 e. The number of alkyl halides is 5. The average molecular weight is 322 g/mol. The van der Waals surface area contributed by atoms with Gasteiger partial charge in [-0.2, -0.15) is 22.0 Å². The van der Waals surface area contributed by atoms with Gasteiger partial charge < -0.3 is 4.90 Å². The minimum absolute atomic E-state index is 0.142. The molecular weight excluding hydrogens is 307 g/mol. The molecule has 1 aromatic carbocycles. The molecule has 22 heavy (non-hydrogen) atoms. The molecule has 0 radical (unpaired) electrons. The van der Waals surface area contributed by atoms with Crippen LogP contribution in [0.1, 0.15) is 5.56 Å². The van der Waals surface area contributed by atoms with Crippen molar-refractivity contribution in [2.24, 2.45) is 0 Å². The molecule has 3 nitrogen and oxygen atoms in total. The van der Waals surface area contributed by atoms with Gasteiger partial charge >= 0.3 is 18.0 Å². The van der Waals surface area contributed by atoms with Crippen molar-refractivity contribution in [3.63, 3.8) is 0 Å². The number of carbonyl (C=O) groups is 1. The number of halogens is 5. The Morgan fingerprint density at radius 3 is 2.00 bits per heavy atom. The van der Waals surface area contributed by atoms with E-state index in [9.17, 15) is 26.7 Å². The summed E-state index contributed by atoms with van der Waals surface area (Å²) in [5.41, 5.74) is 1.02. The van der Waals surface area contributed by atoms with Crippen molar-refractivity contribution in [1.29, 1.82) is 0 Å². The van der Waals surface area contributed by atoms with Crippen LogP contribution >= 0.6 is 0 Å². The van der Waals surface area contributed by atoms with Gasteiger partial charge in [0, 0.05) is 32.7 Å². The number of rotatable bonds is 3. The molecule has 1 amide bonds. The first-order valence-electron chi connectivity index (χ1n) is 6.72. The highest BCUT2D eigenvalue weighted by Crippen LogP contribution is 2.37. The van der Waals surface area contributed by atoms with E-state index in [1.54, 1.807) is 0 Å². The fourth-order valence-electron chi connectivity index (χ4n) is 2.27. The van der Waals surface area contributed by atoms with Crippen LogP contribution in [0.15, 0.2) is 30.3 Å². The molecule has 1 heterocycles. The molecule has 2 rings (SSSR count). The molecule has 0 unspecified atom stereocenters. The summed E-state index contributed by atoms with van der Waals surface area (Å²) in [4.78, 5) is 13.9. The minimum Gasteiger partial charge on any atom is -0.335 e. The standard InChI is InChI=1S/C14H15F5N2O/c15-13(16,14(17,18)19)12(22)21-8-6-20(7-9-21)10-11-4-2-1-3-5-11/h1-5H,6-10H2. The lowest BCUT2D eigenvalue weighted by molar-refractivity contribution is -0.274. The third-order valence-electron chi connectivity index (χ3n) is 3.53. The molecule has 0 aromatic heterocycles. The van der Waals surface area contributed by atoms with E-state index in [2.05, 4.69) is 0 Å². The van der Waals surface area contributed by atoms with Gasteiger partial charge in [0.2, 0.25) is 0 Å². The third kappa shape index (κ3) is 3.55. The van der Waals surface area contributed by atoms with E-state index in [-0.39, 0.29) is 26.2 Å². The van der Waals surface area contributed by atoms with Gasteiger partial charge in [-0.05, 0) is 5.56 Å². The topological polar surface area (TPSA) is 23.6 Å². The Morgan fingerprint density at radius 2 is 1.50 bits per heavy atom. The molecule has 0 aliphatic carbocycles. The molecular formula is C14H15F5N2O. The zero-order valence-electron chi connectivity index (χ0n) is 11.6. The fourth-order valence-corrected chi connectivity index (χ4v) is 2.27. The molecule has 1 saturated heterocycles.